The molecule has 12 rings (SSSR count). The smallest absolute Gasteiger partial charge is 0.164 e. The molecular weight excluding hydrogens is 669 g/mol. The summed E-state index contributed by atoms with van der Waals surface area (Å²) in [5.74, 6) is 5.72. The zero-order valence-corrected chi connectivity index (χ0v) is 30.7. The Labute approximate surface area is 321 Å². The molecular formula is C51H38N4. The van der Waals surface area contributed by atoms with Crippen LogP contribution in [0, 0.1) is 35.0 Å². The van der Waals surface area contributed by atoms with Gasteiger partial charge in [0.05, 0.1) is 17.0 Å². The molecule has 1 heterocycles. The first-order valence-electron chi connectivity index (χ1n) is 19.8. The minimum Gasteiger partial charge on any atom is -0.208 e. The number of aromatic nitrogens is 3. The predicted molar refractivity (Wildman–Crippen MR) is 217 cm³/mol. The van der Waals surface area contributed by atoms with Crippen LogP contribution in [0.25, 0.3) is 56.4 Å². The summed E-state index contributed by atoms with van der Waals surface area (Å²) in [5.41, 5.74) is 14.3. The van der Waals surface area contributed by atoms with Crippen molar-refractivity contribution in [2.75, 3.05) is 0 Å². The molecule has 4 heteroatoms. The molecule has 0 aliphatic heterocycles. The van der Waals surface area contributed by atoms with Gasteiger partial charge in [-0.1, -0.05) is 134 Å². The normalized spacial score (nSPS) is 25.7. The van der Waals surface area contributed by atoms with Gasteiger partial charge in [0.2, 0.25) is 0 Å². The van der Waals surface area contributed by atoms with Gasteiger partial charge in [-0.25, -0.2) is 15.0 Å². The van der Waals surface area contributed by atoms with E-state index >= 15 is 0 Å². The summed E-state index contributed by atoms with van der Waals surface area (Å²) in [6, 6.07) is 52.2. The number of fused-ring (bicyclic) bond motifs is 10. The molecule has 7 aromatic rings. The Morgan fingerprint density at radius 2 is 1.09 bits per heavy atom. The first kappa shape index (κ1) is 31.2. The zero-order valence-electron chi connectivity index (χ0n) is 30.7. The van der Waals surface area contributed by atoms with Gasteiger partial charge in [0.1, 0.15) is 0 Å². The topological polar surface area (TPSA) is 62.5 Å². The maximum absolute atomic E-state index is 10.2. The molecule has 1 aromatic heterocycles. The second-order valence-electron chi connectivity index (χ2n) is 17.0. The molecule has 0 amide bonds. The van der Waals surface area contributed by atoms with Crippen LogP contribution in [-0.2, 0) is 10.8 Å². The third-order valence-corrected chi connectivity index (χ3v) is 14.2. The second-order valence-corrected chi connectivity index (χ2v) is 17.0. The largest absolute Gasteiger partial charge is 0.208 e. The lowest BCUT2D eigenvalue weighted by Crippen LogP contribution is -2.58. The highest BCUT2D eigenvalue weighted by Crippen LogP contribution is 2.68. The van der Waals surface area contributed by atoms with Crippen molar-refractivity contribution in [1.29, 1.82) is 5.26 Å². The Hall–Kier alpha value is -6.18. The average molecular weight is 707 g/mol. The summed E-state index contributed by atoms with van der Waals surface area (Å²) in [6.07, 6.45) is 5.47. The van der Waals surface area contributed by atoms with Gasteiger partial charge in [-0.2, -0.15) is 5.26 Å². The quantitative estimate of drug-likeness (QED) is 0.183. The van der Waals surface area contributed by atoms with E-state index in [4.69, 9.17) is 15.0 Å². The van der Waals surface area contributed by atoms with Gasteiger partial charge in [-0.05, 0) is 117 Å². The number of nitrogens with zero attached hydrogens (tertiary/aromatic N) is 4. The number of hydrogen-bond donors (Lipinski definition) is 0. The molecule has 3 saturated carbocycles. The van der Waals surface area contributed by atoms with E-state index in [2.05, 4.69) is 110 Å². The van der Waals surface area contributed by atoms with E-state index in [1.807, 2.05) is 42.5 Å². The Morgan fingerprint density at radius 3 is 1.76 bits per heavy atom. The third-order valence-electron chi connectivity index (χ3n) is 14.2. The first-order valence-corrected chi connectivity index (χ1v) is 19.8. The molecule has 55 heavy (non-hydrogen) atoms. The van der Waals surface area contributed by atoms with E-state index in [9.17, 15) is 5.26 Å². The maximum atomic E-state index is 10.2. The Bertz CT molecular complexity index is 2710. The minimum atomic E-state index is -0.625. The lowest BCUT2D eigenvalue weighted by atomic mass is 9.39. The highest BCUT2D eigenvalue weighted by molar-refractivity contribution is 5.98. The highest BCUT2D eigenvalue weighted by Gasteiger charge is 2.60. The predicted octanol–water partition coefficient (Wildman–Crippen LogP) is 11.4. The van der Waals surface area contributed by atoms with Gasteiger partial charge in [0, 0.05) is 16.7 Å². The highest BCUT2D eigenvalue weighted by atomic mass is 15.0. The van der Waals surface area contributed by atoms with Crippen molar-refractivity contribution in [2.24, 2.45) is 23.7 Å². The fourth-order valence-corrected chi connectivity index (χ4v) is 12.0. The van der Waals surface area contributed by atoms with Crippen molar-refractivity contribution in [1.82, 2.24) is 15.0 Å². The van der Waals surface area contributed by atoms with E-state index in [0.717, 1.165) is 51.5 Å². The molecule has 4 nitrogen and oxygen atoms in total. The summed E-state index contributed by atoms with van der Waals surface area (Å²) in [7, 11) is 0. The number of rotatable bonds is 4. The van der Waals surface area contributed by atoms with Gasteiger partial charge in [-0.15, -0.1) is 0 Å². The van der Waals surface area contributed by atoms with E-state index in [0.29, 0.717) is 23.0 Å². The van der Waals surface area contributed by atoms with Crippen LogP contribution in [-0.4, -0.2) is 15.0 Å². The van der Waals surface area contributed by atoms with Gasteiger partial charge in [-0.3, -0.25) is 0 Å². The molecule has 3 fully saturated rings. The minimum absolute atomic E-state index is 0.182. The molecule has 1 spiro atoms. The molecule has 0 radical (unpaired) electrons. The number of nitriles is 1. The standard InChI is InChI=1S/C51H38N4/c1-50(27-34-24-33-25-35(28-50)45(33)34)36-20-22-44-41(26-36)37-15-8-9-18-42(37)51(44)43-21-19-30(29-52)23-40(43)38-16-10-17-39(46(38)51)49-54-47(31-11-4-2-5-12-31)53-48(55-49)32-13-6-3-7-14-32/h2-23,26,33-35,45H,24-25,27-28H2,1H3/t33-,34+,35-,45?,50?,51-/m1/s1. The zero-order chi connectivity index (χ0) is 36.5. The van der Waals surface area contributed by atoms with Crippen molar-refractivity contribution >= 4 is 0 Å². The van der Waals surface area contributed by atoms with Crippen LogP contribution in [0.2, 0.25) is 0 Å². The van der Waals surface area contributed by atoms with Crippen molar-refractivity contribution in [2.45, 2.75) is 43.4 Å². The monoisotopic (exact) mass is 706 g/mol. The van der Waals surface area contributed by atoms with Crippen LogP contribution in [0.15, 0.2) is 140 Å². The molecule has 0 N–H and O–H groups in total. The molecule has 0 saturated heterocycles. The lowest BCUT2D eigenvalue weighted by molar-refractivity contribution is -0.141. The summed E-state index contributed by atoms with van der Waals surface area (Å²) in [4.78, 5) is 15.6. The summed E-state index contributed by atoms with van der Waals surface area (Å²) >= 11 is 0. The Morgan fingerprint density at radius 1 is 0.527 bits per heavy atom. The van der Waals surface area contributed by atoms with Gasteiger partial charge in [0.15, 0.2) is 17.5 Å². The van der Waals surface area contributed by atoms with Crippen LogP contribution >= 0.6 is 0 Å². The van der Waals surface area contributed by atoms with Crippen LogP contribution in [0.3, 0.4) is 0 Å². The van der Waals surface area contributed by atoms with Crippen molar-refractivity contribution in [3.8, 4) is 62.5 Å². The van der Waals surface area contributed by atoms with E-state index in [1.54, 1.807) is 0 Å². The molecule has 0 bridgehead atoms. The summed E-state index contributed by atoms with van der Waals surface area (Å²) < 4.78 is 0. The maximum Gasteiger partial charge on any atom is 0.164 e. The molecule has 2 unspecified atom stereocenters. The van der Waals surface area contributed by atoms with E-state index < -0.39 is 5.41 Å². The molecule has 5 aliphatic rings. The van der Waals surface area contributed by atoms with Crippen LogP contribution in [0.5, 0.6) is 0 Å². The van der Waals surface area contributed by atoms with Crippen molar-refractivity contribution in [3.05, 3.63) is 173 Å². The van der Waals surface area contributed by atoms with E-state index in [1.165, 1.54) is 64.6 Å². The fraction of sp³-hybridized carbons (Fsp3) is 0.216. The molecule has 6 atom stereocenters. The summed E-state index contributed by atoms with van der Waals surface area (Å²) in [6.45, 7) is 2.55. The molecule has 262 valence electrons. The molecule has 5 aliphatic carbocycles. The summed E-state index contributed by atoms with van der Waals surface area (Å²) in [5, 5.41) is 10.2. The number of hydrogen-bond acceptors (Lipinski definition) is 4. The SMILES string of the molecule is CC1(c2ccc3c(c2)-c2ccccc2[C@@]32c3ccc(C#N)cc3-c3cccc(-c4nc(-c5ccccc5)nc(-c5ccccc5)n4)c32)C[C@H]2C[C@H]3C[C@@H](C1)C32. The number of benzene rings is 6. The molecule has 6 aromatic carbocycles. The van der Waals surface area contributed by atoms with Crippen LogP contribution in [0.1, 0.15) is 66.0 Å². The lowest BCUT2D eigenvalue weighted by Gasteiger charge is -2.65. The average Bonchev–Trinajstić information content (AvgIpc) is 3.69. The van der Waals surface area contributed by atoms with Gasteiger partial charge < -0.3 is 0 Å². The third kappa shape index (κ3) is 4.19. The Kier molecular flexibility index (Phi) is 6.34. The second kappa shape index (κ2) is 11.2. The van der Waals surface area contributed by atoms with Crippen molar-refractivity contribution < 1.29 is 0 Å². The van der Waals surface area contributed by atoms with E-state index in [-0.39, 0.29) is 5.41 Å². The van der Waals surface area contributed by atoms with Crippen LogP contribution in [0.4, 0.5) is 0 Å². The van der Waals surface area contributed by atoms with Crippen LogP contribution < -0.4 is 0 Å². The Balaban J connectivity index is 1.13. The van der Waals surface area contributed by atoms with Crippen molar-refractivity contribution in [3.63, 3.8) is 0 Å². The first-order chi connectivity index (χ1) is 27.0. The van der Waals surface area contributed by atoms with Gasteiger partial charge in [0.25, 0.3) is 0 Å². The fourth-order valence-electron chi connectivity index (χ4n) is 12.0. The van der Waals surface area contributed by atoms with Gasteiger partial charge >= 0.3 is 0 Å².